The first-order valence-corrected chi connectivity index (χ1v) is 11.7. The van der Waals surface area contributed by atoms with Gasteiger partial charge in [-0.2, -0.15) is 0 Å². The van der Waals surface area contributed by atoms with Gasteiger partial charge in [0.25, 0.3) is 16.4 Å². The number of hydrogen-bond acceptors (Lipinski definition) is 3. The molecule has 3 aromatic rings. The molecule has 0 spiro atoms. The first kappa shape index (κ1) is 20.3. The highest BCUT2D eigenvalue weighted by Gasteiger charge is 2.28. The lowest BCUT2D eigenvalue weighted by Gasteiger charge is -2.30. The van der Waals surface area contributed by atoms with Crippen LogP contribution in [-0.4, -0.2) is 25.5 Å². The third-order valence-corrected chi connectivity index (χ3v) is 7.45. The summed E-state index contributed by atoms with van der Waals surface area (Å²) < 4.78 is 56.3. The van der Waals surface area contributed by atoms with Crippen molar-refractivity contribution in [2.45, 2.75) is 37.5 Å². The quantitative estimate of drug-likeness (QED) is 0.466. The molecule has 1 aliphatic rings. The predicted molar refractivity (Wildman–Crippen MR) is 114 cm³/mol. The first-order valence-electron chi connectivity index (χ1n) is 9.49. The van der Waals surface area contributed by atoms with Gasteiger partial charge >= 0.3 is 0 Å². The molecule has 1 saturated heterocycles. The summed E-state index contributed by atoms with van der Waals surface area (Å²) >= 11 is 3.44. The second-order valence-corrected chi connectivity index (χ2v) is 10.1. The van der Waals surface area contributed by atoms with E-state index in [9.17, 15) is 17.2 Å². The molecule has 0 unspecified atom stereocenters. The number of benzene rings is 2. The number of piperidine rings is 1. The highest BCUT2D eigenvalue weighted by atomic mass is 79.9. The van der Waals surface area contributed by atoms with E-state index in [2.05, 4.69) is 20.8 Å². The molecule has 0 saturated carbocycles. The molecular formula is C21H21BrF2N2O2S. The summed E-state index contributed by atoms with van der Waals surface area (Å²) in [4.78, 5) is 2.15. The summed E-state index contributed by atoms with van der Waals surface area (Å²) in [7, 11) is -4.02. The molecule has 0 atom stereocenters. The lowest BCUT2D eigenvalue weighted by Crippen LogP contribution is -2.29. The van der Waals surface area contributed by atoms with Crippen molar-refractivity contribution in [2.75, 3.05) is 18.0 Å². The molecule has 1 fully saturated rings. The number of rotatable bonds is 4. The van der Waals surface area contributed by atoms with Crippen LogP contribution in [0.2, 0.25) is 0 Å². The van der Waals surface area contributed by atoms with Crippen molar-refractivity contribution < 1.29 is 17.2 Å². The minimum absolute atomic E-state index is 0.0784. The summed E-state index contributed by atoms with van der Waals surface area (Å²) in [6, 6.07) is 9.89. The molecule has 4 nitrogen and oxygen atoms in total. The second kappa shape index (κ2) is 7.72. The molecule has 0 radical (unpaired) electrons. The Labute approximate surface area is 177 Å². The molecule has 0 bridgehead atoms. The lowest BCUT2D eigenvalue weighted by atomic mass is 10.1. The summed E-state index contributed by atoms with van der Waals surface area (Å²) in [5.74, 6) is 0. The summed E-state index contributed by atoms with van der Waals surface area (Å²) in [5, 5.41) is 0.307. The van der Waals surface area contributed by atoms with Crippen LogP contribution in [-0.2, 0) is 10.0 Å². The minimum Gasteiger partial charge on any atom is -0.371 e. The molecule has 1 aromatic heterocycles. The van der Waals surface area contributed by atoms with Crippen molar-refractivity contribution in [3.8, 4) is 0 Å². The van der Waals surface area contributed by atoms with Crippen molar-refractivity contribution in [3.05, 3.63) is 58.2 Å². The highest BCUT2D eigenvalue weighted by Crippen LogP contribution is 2.40. The first-order chi connectivity index (χ1) is 13.8. The molecule has 2 heterocycles. The zero-order valence-corrected chi connectivity index (χ0v) is 18.3. The van der Waals surface area contributed by atoms with Crippen LogP contribution in [0.1, 0.15) is 36.8 Å². The molecule has 154 valence electrons. The molecular weight excluding hydrogens is 462 g/mol. The Bertz CT molecular complexity index is 1170. The summed E-state index contributed by atoms with van der Waals surface area (Å²) in [5.41, 5.74) is 1.44. The van der Waals surface area contributed by atoms with E-state index in [4.69, 9.17) is 0 Å². The molecule has 8 heteroatoms. The van der Waals surface area contributed by atoms with E-state index in [0.29, 0.717) is 15.5 Å². The smallest absolute Gasteiger partial charge is 0.268 e. The van der Waals surface area contributed by atoms with Gasteiger partial charge in [0.15, 0.2) is 0 Å². The van der Waals surface area contributed by atoms with Crippen LogP contribution in [0, 0.1) is 6.92 Å². The molecule has 0 aliphatic carbocycles. The van der Waals surface area contributed by atoms with Crippen molar-refractivity contribution >= 4 is 42.5 Å². The van der Waals surface area contributed by atoms with Crippen LogP contribution in [0.15, 0.2) is 52.0 Å². The maximum absolute atomic E-state index is 14.0. The summed E-state index contributed by atoms with van der Waals surface area (Å²) in [6.07, 6.45) is 1.38. The van der Waals surface area contributed by atoms with E-state index in [0.717, 1.165) is 48.1 Å². The molecule has 0 amide bonds. The van der Waals surface area contributed by atoms with Crippen molar-refractivity contribution in [3.63, 3.8) is 0 Å². The number of fused-ring (bicyclic) bond motifs is 1. The number of anilines is 1. The number of aryl methyl sites for hydroxylation is 1. The van der Waals surface area contributed by atoms with Crippen molar-refractivity contribution in [1.82, 2.24) is 3.97 Å². The fourth-order valence-corrected chi connectivity index (χ4v) is 5.85. The van der Waals surface area contributed by atoms with E-state index < -0.39 is 16.4 Å². The van der Waals surface area contributed by atoms with Crippen molar-refractivity contribution in [1.29, 1.82) is 0 Å². The standard InChI is InChI=1S/C21H21BrF2N2O2S/c1-14-6-5-7-16(10-14)29(27,28)26-13-17(21(23)24)20-18(11-15(22)12-19(20)26)25-8-3-2-4-9-25/h5-7,10-13,21H,2-4,8-9H2,1H3. The summed E-state index contributed by atoms with van der Waals surface area (Å²) in [6.45, 7) is 3.33. The van der Waals surface area contributed by atoms with Crippen LogP contribution in [0.4, 0.5) is 14.5 Å². The zero-order valence-electron chi connectivity index (χ0n) is 15.9. The average Bonchev–Trinajstić information content (AvgIpc) is 3.08. The second-order valence-electron chi connectivity index (χ2n) is 7.37. The Morgan fingerprint density at radius 1 is 1.07 bits per heavy atom. The Hall–Kier alpha value is -1.93. The Morgan fingerprint density at radius 3 is 2.45 bits per heavy atom. The molecule has 29 heavy (non-hydrogen) atoms. The van der Waals surface area contributed by atoms with Gasteiger partial charge in [-0.25, -0.2) is 21.2 Å². The highest BCUT2D eigenvalue weighted by molar-refractivity contribution is 9.10. The van der Waals surface area contributed by atoms with Gasteiger partial charge < -0.3 is 4.90 Å². The largest absolute Gasteiger partial charge is 0.371 e. The molecule has 0 N–H and O–H groups in total. The number of nitrogens with zero attached hydrogens (tertiary/aromatic N) is 2. The Balaban J connectivity index is 2.00. The van der Waals surface area contributed by atoms with Gasteiger partial charge in [0, 0.05) is 40.4 Å². The monoisotopic (exact) mass is 482 g/mol. The zero-order chi connectivity index (χ0) is 20.8. The van der Waals surface area contributed by atoms with Gasteiger partial charge in [0.2, 0.25) is 0 Å². The van der Waals surface area contributed by atoms with E-state index in [1.54, 1.807) is 31.2 Å². The Kier molecular flexibility index (Phi) is 5.42. The van der Waals surface area contributed by atoms with Gasteiger partial charge in [0.1, 0.15) is 0 Å². The normalized spacial score (nSPS) is 15.4. The van der Waals surface area contributed by atoms with E-state index in [1.807, 2.05) is 6.07 Å². The van der Waals surface area contributed by atoms with Gasteiger partial charge in [-0.15, -0.1) is 0 Å². The number of halogens is 3. The van der Waals surface area contributed by atoms with Crippen molar-refractivity contribution in [2.24, 2.45) is 0 Å². The van der Waals surface area contributed by atoms with Gasteiger partial charge in [-0.3, -0.25) is 0 Å². The van der Waals surface area contributed by atoms with Crippen LogP contribution in [0.5, 0.6) is 0 Å². The maximum atomic E-state index is 14.0. The third kappa shape index (κ3) is 3.68. The Morgan fingerprint density at radius 2 is 1.79 bits per heavy atom. The SMILES string of the molecule is Cc1cccc(S(=O)(=O)n2cc(C(F)F)c3c(N4CCCCC4)cc(Br)cc32)c1. The van der Waals surface area contributed by atoms with Gasteiger partial charge in [-0.1, -0.05) is 28.1 Å². The topological polar surface area (TPSA) is 42.3 Å². The third-order valence-electron chi connectivity index (χ3n) is 5.32. The van der Waals surface area contributed by atoms with Gasteiger partial charge in [-0.05, 0) is 56.0 Å². The molecule has 4 rings (SSSR count). The average molecular weight is 483 g/mol. The lowest BCUT2D eigenvalue weighted by molar-refractivity contribution is 0.153. The number of aromatic nitrogens is 1. The van der Waals surface area contributed by atoms with Crippen LogP contribution >= 0.6 is 15.9 Å². The van der Waals surface area contributed by atoms with E-state index in [1.165, 1.54) is 6.07 Å². The van der Waals surface area contributed by atoms with E-state index >= 15 is 0 Å². The van der Waals surface area contributed by atoms with Crippen LogP contribution in [0.3, 0.4) is 0 Å². The number of hydrogen-bond donors (Lipinski definition) is 0. The minimum atomic E-state index is -4.02. The van der Waals surface area contributed by atoms with Crippen LogP contribution < -0.4 is 4.90 Å². The predicted octanol–water partition coefficient (Wildman–Crippen LogP) is 5.88. The molecule has 1 aliphatic heterocycles. The van der Waals surface area contributed by atoms with Crippen LogP contribution in [0.25, 0.3) is 10.9 Å². The van der Waals surface area contributed by atoms with E-state index in [-0.39, 0.29) is 16.0 Å². The fraction of sp³-hybridized carbons (Fsp3) is 0.333. The maximum Gasteiger partial charge on any atom is 0.268 e. The number of alkyl halides is 2. The molecule has 2 aromatic carbocycles. The fourth-order valence-electron chi connectivity index (χ4n) is 3.95. The van der Waals surface area contributed by atoms with Gasteiger partial charge in [0.05, 0.1) is 10.4 Å².